The second-order valence-corrected chi connectivity index (χ2v) is 5.64. The van der Waals surface area contributed by atoms with Crippen LogP contribution in [-0.4, -0.2) is 19.3 Å². The van der Waals surface area contributed by atoms with E-state index in [0.29, 0.717) is 6.42 Å². The first-order valence-corrected chi connectivity index (χ1v) is 7.19. The minimum Gasteiger partial charge on any atom is -0.507 e. The van der Waals surface area contributed by atoms with Gasteiger partial charge in [-0.05, 0) is 18.6 Å². The number of hydrogen-bond donors (Lipinski definition) is 1. The Morgan fingerprint density at radius 2 is 1.94 bits per heavy atom. The zero-order valence-electron chi connectivity index (χ0n) is 9.81. The van der Waals surface area contributed by atoms with Crippen LogP contribution in [0.5, 0.6) is 5.75 Å². The third-order valence-electron chi connectivity index (χ3n) is 2.24. The van der Waals surface area contributed by atoms with Gasteiger partial charge >= 0.3 is 0 Å². The molecule has 0 aliphatic carbocycles. The molecule has 0 spiro atoms. The molecule has 1 rings (SSSR count). The lowest BCUT2D eigenvalue weighted by Gasteiger charge is -2.02. The molecule has 3 nitrogen and oxygen atoms in total. The molecule has 17 heavy (non-hydrogen) atoms. The summed E-state index contributed by atoms with van der Waals surface area (Å²) in [5, 5.41) is 9.46. The SMILES string of the molecule is CCCCC#CCS(=O)(=O)c1ccccc1O. The highest BCUT2D eigenvalue weighted by Gasteiger charge is 2.16. The van der Waals surface area contributed by atoms with Crippen LogP contribution in [0.1, 0.15) is 26.2 Å². The Morgan fingerprint density at radius 3 is 2.59 bits per heavy atom. The first kappa shape index (κ1) is 13.6. The maximum atomic E-state index is 11.8. The number of unbranched alkanes of at least 4 members (excludes halogenated alkanes) is 2. The van der Waals surface area contributed by atoms with Gasteiger partial charge in [0.1, 0.15) is 16.4 Å². The van der Waals surface area contributed by atoms with Gasteiger partial charge < -0.3 is 5.11 Å². The van der Waals surface area contributed by atoms with Crippen molar-refractivity contribution in [1.82, 2.24) is 0 Å². The average Bonchev–Trinajstić information content (AvgIpc) is 2.29. The van der Waals surface area contributed by atoms with E-state index < -0.39 is 9.84 Å². The van der Waals surface area contributed by atoms with E-state index in [2.05, 4.69) is 18.8 Å². The molecule has 0 fully saturated rings. The molecule has 0 saturated heterocycles. The molecule has 0 unspecified atom stereocenters. The second kappa shape index (κ2) is 6.31. The maximum absolute atomic E-state index is 11.8. The normalized spacial score (nSPS) is 10.6. The third-order valence-corrected chi connectivity index (χ3v) is 3.78. The van der Waals surface area contributed by atoms with Gasteiger partial charge in [0.05, 0.1) is 0 Å². The van der Waals surface area contributed by atoms with Gasteiger partial charge in [-0.2, -0.15) is 0 Å². The number of rotatable bonds is 4. The maximum Gasteiger partial charge on any atom is 0.193 e. The molecule has 4 heteroatoms. The van der Waals surface area contributed by atoms with Crippen molar-refractivity contribution in [2.45, 2.75) is 31.1 Å². The first-order valence-electron chi connectivity index (χ1n) is 5.54. The third kappa shape index (κ3) is 4.12. The van der Waals surface area contributed by atoms with Crippen LogP contribution < -0.4 is 0 Å². The summed E-state index contributed by atoms with van der Waals surface area (Å²) in [6.45, 7) is 2.06. The Bertz CT molecular complexity index is 521. The number of sulfone groups is 1. The summed E-state index contributed by atoms with van der Waals surface area (Å²) >= 11 is 0. The highest BCUT2D eigenvalue weighted by molar-refractivity contribution is 7.91. The van der Waals surface area contributed by atoms with E-state index in [1.54, 1.807) is 12.1 Å². The highest BCUT2D eigenvalue weighted by atomic mass is 32.2. The number of aromatic hydroxyl groups is 1. The van der Waals surface area contributed by atoms with E-state index in [-0.39, 0.29) is 16.4 Å². The van der Waals surface area contributed by atoms with Gasteiger partial charge in [-0.25, -0.2) is 8.42 Å². The van der Waals surface area contributed by atoms with Crippen LogP contribution in [-0.2, 0) is 9.84 Å². The molecular weight excluding hydrogens is 236 g/mol. The fraction of sp³-hybridized carbons (Fsp3) is 0.385. The van der Waals surface area contributed by atoms with Gasteiger partial charge in [0, 0.05) is 6.42 Å². The summed E-state index contributed by atoms with van der Waals surface area (Å²) in [4.78, 5) is -0.0511. The van der Waals surface area contributed by atoms with Crippen LogP contribution in [0.4, 0.5) is 0 Å². The largest absolute Gasteiger partial charge is 0.507 e. The number of phenolic OH excluding ortho intramolecular Hbond substituents is 1. The fourth-order valence-corrected chi connectivity index (χ4v) is 2.42. The summed E-state index contributed by atoms with van der Waals surface area (Å²) in [6, 6.07) is 5.91. The molecule has 1 aromatic carbocycles. The lowest BCUT2D eigenvalue weighted by Crippen LogP contribution is -2.05. The predicted molar refractivity (Wildman–Crippen MR) is 67.5 cm³/mol. The Kier molecular flexibility index (Phi) is 5.05. The topological polar surface area (TPSA) is 54.4 Å². The molecule has 1 aromatic rings. The first-order chi connectivity index (χ1) is 8.08. The molecule has 1 N–H and O–H groups in total. The van der Waals surface area contributed by atoms with Gasteiger partial charge in [-0.1, -0.05) is 31.4 Å². The molecule has 92 valence electrons. The Hall–Kier alpha value is -1.47. The van der Waals surface area contributed by atoms with Gasteiger partial charge in [0.2, 0.25) is 0 Å². The van der Waals surface area contributed by atoms with E-state index >= 15 is 0 Å². The standard InChI is InChI=1S/C13H16O3S/c1-2-3-4-5-8-11-17(15,16)13-10-7-6-9-12(13)14/h6-7,9-10,14H,2-4,11H2,1H3. The van der Waals surface area contributed by atoms with E-state index in [9.17, 15) is 13.5 Å². The molecule has 0 heterocycles. The van der Waals surface area contributed by atoms with E-state index in [1.165, 1.54) is 12.1 Å². The Balaban J connectivity index is 2.76. The zero-order valence-corrected chi connectivity index (χ0v) is 10.6. The molecular formula is C13H16O3S. The van der Waals surface area contributed by atoms with Gasteiger partial charge in [0.15, 0.2) is 9.84 Å². The van der Waals surface area contributed by atoms with Crippen LogP contribution in [0.3, 0.4) is 0 Å². The van der Waals surface area contributed by atoms with Crippen molar-refractivity contribution in [3.8, 4) is 17.6 Å². The van der Waals surface area contributed by atoms with Crippen molar-refractivity contribution in [2.24, 2.45) is 0 Å². The van der Waals surface area contributed by atoms with Crippen LogP contribution in [0, 0.1) is 11.8 Å². The van der Waals surface area contributed by atoms with Gasteiger partial charge in [-0.15, -0.1) is 5.92 Å². The van der Waals surface area contributed by atoms with E-state index in [1.807, 2.05) is 0 Å². The van der Waals surface area contributed by atoms with Crippen molar-refractivity contribution in [3.05, 3.63) is 24.3 Å². The molecule has 0 aromatic heterocycles. The fourth-order valence-electron chi connectivity index (χ4n) is 1.30. The summed E-state index contributed by atoms with van der Waals surface area (Å²) < 4.78 is 23.6. The number of hydrogen-bond acceptors (Lipinski definition) is 3. The van der Waals surface area contributed by atoms with Crippen LogP contribution >= 0.6 is 0 Å². The Morgan fingerprint density at radius 1 is 1.24 bits per heavy atom. The minimum atomic E-state index is -3.50. The lowest BCUT2D eigenvalue weighted by atomic mass is 10.3. The van der Waals surface area contributed by atoms with Crippen LogP contribution in [0.15, 0.2) is 29.2 Å². The average molecular weight is 252 g/mol. The number of benzene rings is 1. The highest BCUT2D eigenvalue weighted by Crippen LogP contribution is 2.22. The summed E-state index contributed by atoms with van der Waals surface area (Å²) in [5.41, 5.74) is 0. The van der Waals surface area contributed by atoms with Crippen molar-refractivity contribution < 1.29 is 13.5 Å². The predicted octanol–water partition coefficient (Wildman–Crippen LogP) is 2.36. The zero-order chi connectivity index (χ0) is 12.7. The van der Waals surface area contributed by atoms with Crippen LogP contribution in [0.2, 0.25) is 0 Å². The summed E-state index contributed by atoms with van der Waals surface area (Å²) in [5.74, 6) is 5.00. The smallest absolute Gasteiger partial charge is 0.193 e. The van der Waals surface area contributed by atoms with Crippen molar-refractivity contribution in [1.29, 1.82) is 0 Å². The molecule has 0 aliphatic rings. The summed E-state index contributed by atoms with van der Waals surface area (Å²) in [7, 11) is -3.50. The van der Waals surface area contributed by atoms with Gasteiger partial charge in [-0.3, -0.25) is 0 Å². The quantitative estimate of drug-likeness (QED) is 0.661. The number of para-hydroxylation sites is 1. The number of phenols is 1. The van der Waals surface area contributed by atoms with E-state index in [0.717, 1.165) is 12.8 Å². The van der Waals surface area contributed by atoms with Crippen molar-refractivity contribution in [3.63, 3.8) is 0 Å². The Labute approximate surface area is 102 Å². The molecule has 0 bridgehead atoms. The molecule has 0 amide bonds. The van der Waals surface area contributed by atoms with Crippen molar-refractivity contribution >= 4 is 9.84 Å². The second-order valence-electron chi connectivity index (χ2n) is 3.68. The molecule has 0 aliphatic heterocycles. The summed E-state index contributed by atoms with van der Waals surface area (Å²) in [6.07, 6.45) is 2.73. The molecule has 0 atom stereocenters. The lowest BCUT2D eigenvalue weighted by molar-refractivity contribution is 0.459. The monoisotopic (exact) mass is 252 g/mol. The molecule has 0 radical (unpaired) electrons. The van der Waals surface area contributed by atoms with E-state index in [4.69, 9.17) is 0 Å². The van der Waals surface area contributed by atoms with Crippen LogP contribution in [0.25, 0.3) is 0 Å². The van der Waals surface area contributed by atoms with Crippen molar-refractivity contribution in [2.75, 3.05) is 5.75 Å². The van der Waals surface area contributed by atoms with Gasteiger partial charge in [0.25, 0.3) is 0 Å². The minimum absolute atomic E-state index is 0.0511. The molecule has 0 saturated carbocycles.